The van der Waals surface area contributed by atoms with Gasteiger partial charge in [0.2, 0.25) is 0 Å². The van der Waals surface area contributed by atoms with Crippen molar-refractivity contribution in [3.05, 3.63) is 94.5 Å². The summed E-state index contributed by atoms with van der Waals surface area (Å²) in [5.74, 6) is 0.214. The van der Waals surface area contributed by atoms with Gasteiger partial charge in [0, 0.05) is 43.8 Å². The number of nitrogens with zero attached hydrogens (tertiary/aromatic N) is 2. The second-order valence-electron chi connectivity index (χ2n) is 6.68. The third-order valence-corrected chi connectivity index (χ3v) is 5.18. The van der Waals surface area contributed by atoms with Gasteiger partial charge in [-0.15, -0.1) is 0 Å². The average molecular weight is 445 g/mol. The average Bonchev–Trinajstić information content (AvgIpc) is 2.78. The Morgan fingerprint density at radius 1 is 0.767 bits per heavy atom. The number of halogens is 2. The Balaban J connectivity index is 0.000000299. The molecular weight excluding hydrogens is 415 g/mol. The first-order valence-corrected chi connectivity index (χ1v) is 11.1. The van der Waals surface area contributed by atoms with Gasteiger partial charge in [0.05, 0.1) is 10.7 Å². The molecule has 0 bridgehead atoms. The highest BCUT2D eigenvalue weighted by Crippen LogP contribution is 2.30. The zero-order valence-electron chi connectivity index (χ0n) is 17.6. The van der Waals surface area contributed by atoms with Gasteiger partial charge < -0.3 is 10.0 Å². The van der Waals surface area contributed by atoms with E-state index in [1.54, 1.807) is 12.1 Å². The van der Waals surface area contributed by atoms with Gasteiger partial charge in [-0.1, -0.05) is 85.6 Å². The van der Waals surface area contributed by atoms with Gasteiger partial charge in [0.15, 0.2) is 0 Å². The number of piperazine rings is 1. The SMILES string of the molecule is CC.Clc1ccccc1.Oc1ccc(N2CCN(Cc3ccccc3)CC2)c(Cl)c1. The van der Waals surface area contributed by atoms with Crippen LogP contribution in [0, 0.1) is 0 Å². The molecule has 0 unspecified atom stereocenters. The number of hydrogen-bond acceptors (Lipinski definition) is 3. The molecule has 4 rings (SSSR count). The van der Waals surface area contributed by atoms with Gasteiger partial charge >= 0.3 is 0 Å². The van der Waals surface area contributed by atoms with E-state index in [-0.39, 0.29) is 5.75 Å². The van der Waals surface area contributed by atoms with Crippen LogP contribution in [0.1, 0.15) is 19.4 Å². The molecule has 3 nitrogen and oxygen atoms in total. The highest BCUT2D eigenvalue weighted by Gasteiger charge is 2.19. The molecule has 160 valence electrons. The number of phenolic OH excluding ortho intramolecular Hbond substituents is 1. The van der Waals surface area contributed by atoms with Gasteiger partial charge in [0.25, 0.3) is 0 Å². The quantitative estimate of drug-likeness (QED) is 0.484. The van der Waals surface area contributed by atoms with Crippen LogP contribution in [0.25, 0.3) is 0 Å². The van der Waals surface area contributed by atoms with Gasteiger partial charge in [-0.3, -0.25) is 4.90 Å². The molecule has 5 heteroatoms. The number of benzene rings is 3. The second-order valence-corrected chi connectivity index (χ2v) is 7.52. The van der Waals surface area contributed by atoms with Gasteiger partial charge in [-0.05, 0) is 29.8 Å². The number of aromatic hydroxyl groups is 1. The van der Waals surface area contributed by atoms with Crippen LogP contribution in [0.5, 0.6) is 5.75 Å². The Morgan fingerprint density at radius 3 is 1.83 bits per heavy atom. The minimum atomic E-state index is 0.214. The highest BCUT2D eigenvalue weighted by atomic mass is 35.5. The maximum atomic E-state index is 9.43. The lowest BCUT2D eigenvalue weighted by atomic mass is 10.2. The van der Waals surface area contributed by atoms with Crippen LogP contribution >= 0.6 is 23.2 Å². The first-order valence-electron chi connectivity index (χ1n) is 10.3. The van der Waals surface area contributed by atoms with Crippen molar-refractivity contribution in [2.24, 2.45) is 0 Å². The van der Waals surface area contributed by atoms with E-state index in [1.165, 1.54) is 5.56 Å². The molecule has 1 fully saturated rings. The van der Waals surface area contributed by atoms with Crippen LogP contribution in [0.15, 0.2) is 78.9 Å². The zero-order chi connectivity index (χ0) is 21.8. The molecule has 1 N–H and O–H groups in total. The summed E-state index contributed by atoms with van der Waals surface area (Å²) in [4.78, 5) is 4.74. The number of hydrogen-bond donors (Lipinski definition) is 1. The lowest BCUT2D eigenvalue weighted by molar-refractivity contribution is 0.250. The third-order valence-electron chi connectivity index (χ3n) is 4.63. The third kappa shape index (κ3) is 7.91. The van der Waals surface area contributed by atoms with E-state index >= 15 is 0 Å². The van der Waals surface area contributed by atoms with Gasteiger partial charge in [-0.2, -0.15) is 0 Å². The van der Waals surface area contributed by atoms with Gasteiger partial charge in [0.1, 0.15) is 5.75 Å². The monoisotopic (exact) mass is 444 g/mol. The van der Waals surface area contributed by atoms with Crippen LogP contribution < -0.4 is 4.90 Å². The molecule has 3 aromatic rings. The van der Waals surface area contributed by atoms with Crippen molar-refractivity contribution in [1.29, 1.82) is 0 Å². The minimum absolute atomic E-state index is 0.214. The topological polar surface area (TPSA) is 26.7 Å². The summed E-state index contributed by atoms with van der Waals surface area (Å²) in [5.41, 5.74) is 2.36. The molecule has 0 atom stereocenters. The maximum Gasteiger partial charge on any atom is 0.117 e. The Kier molecular flexibility index (Phi) is 10.6. The fourth-order valence-electron chi connectivity index (χ4n) is 3.16. The second kappa shape index (κ2) is 13.2. The van der Waals surface area contributed by atoms with Crippen molar-refractivity contribution in [2.75, 3.05) is 31.1 Å². The first-order chi connectivity index (χ1) is 14.6. The molecule has 0 spiro atoms. The number of anilines is 1. The highest BCUT2D eigenvalue weighted by molar-refractivity contribution is 6.33. The summed E-state index contributed by atoms with van der Waals surface area (Å²) in [6.45, 7) is 8.95. The predicted molar refractivity (Wildman–Crippen MR) is 130 cm³/mol. The summed E-state index contributed by atoms with van der Waals surface area (Å²) < 4.78 is 0. The smallest absolute Gasteiger partial charge is 0.117 e. The van der Waals surface area contributed by atoms with E-state index < -0.39 is 0 Å². The summed E-state index contributed by atoms with van der Waals surface area (Å²) >= 11 is 11.8. The molecule has 0 aromatic heterocycles. The molecule has 0 saturated carbocycles. The van der Waals surface area contributed by atoms with Crippen LogP contribution in [0.2, 0.25) is 10.0 Å². The molecule has 1 aliphatic rings. The summed E-state index contributed by atoms with van der Waals surface area (Å²) in [5, 5.41) is 10.8. The summed E-state index contributed by atoms with van der Waals surface area (Å²) in [6, 6.07) is 25.2. The predicted octanol–water partition coefficient (Wildman–Crippen LogP) is 6.73. The van der Waals surface area contributed by atoms with Crippen molar-refractivity contribution in [1.82, 2.24) is 4.90 Å². The lowest BCUT2D eigenvalue weighted by Crippen LogP contribution is -2.46. The summed E-state index contributed by atoms with van der Waals surface area (Å²) in [7, 11) is 0. The molecule has 1 aliphatic heterocycles. The number of rotatable bonds is 3. The van der Waals surface area contributed by atoms with E-state index in [0.717, 1.165) is 43.4 Å². The first kappa shape index (κ1) is 24.1. The van der Waals surface area contributed by atoms with Crippen molar-refractivity contribution < 1.29 is 5.11 Å². The van der Waals surface area contributed by atoms with Crippen molar-refractivity contribution in [2.45, 2.75) is 20.4 Å². The molecule has 3 aromatic carbocycles. The van der Waals surface area contributed by atoms with Gasteiger partial charge in [-0.25, -0.2) is 0 Å². The Bertz CT molecular complexity index is 852. The van der Waals surface area contributed by atoms with E-state index in [2.05, 4.69) is 34.1 Å². The fraction of sp³-hybridized carbons (Fsp3) is 0.280. The van der Waals surface area contributed by atoms with Crippen LogP contribution in [-0.2, 0) is 6.54 Å². The molecule has 1 heterocycles. The van der Waals surface area contributed by atoms with E-state index in [9.17, 15) is 5.11 Å². The van der Waals surface area contributed by atoms with Crippen molar-refractivity contribution in [3.8, 4) is 5.75 Å². The molecule has 30 heavy (non-hydrogen) atoms. The maximum absolute atomic E-state index is 9.43. The van der Waals surface area contributed by atoms with Crippen LogP contribution in [0.3, 0.4) is 0 Å². The molecule has 0 aliphatic carbocycles. The zero-order valence-corrected chi connectivity index (χ0v) is 19.2. The summed E-state index contributed by atoms with van der Waals surface area (Å²) in [6.07, 6.45) is 0. The van der Waals surface area contributed by atoms with E-state index in [1.807, 2.05) is 56.3 Å². The van der Waals surface area contributed by atoms with Crippen LogP contribution in [0.4, 0.5) is 5.69 Å². The van der Waals surface area contributed by atoms with Crippen molar-refractivity contribution >= 4 is 28.9 Å². The van der Waals surface area contributed by atoms with E-state index in [0.29, 0.717) is 5.02 Å². The number of phenols is 1. The Labute approximate surface area is 190 Å². The molecular formula is C25H30Cl2N2O. The van der Waals surface area contributed by atoms with Crippen LogP contribution in [-0.4, -0.2) is 36.2 Å². The van der Waals surface area contributed by atoms with E-state index in [4.69, 9.17) is 23.2 Å². The largest absolute Gasteiger partial charge is 0.508 e. The molecule has 0 radical (unpaired) electrons. The lowest BCUT2D eigenvalue weighted by Gasteiger charge is -2.36. The fourth-order valence-corrected chi connectivity index (χ4v) is 3.60. The molecule has 0 amide bonds. The molecule has 1 saturated heterocycles. The Morgan fingerprint density at radius 2 is 1.33 bits per heavy atom. The van der Waals surface area contributed by atoms with Crippen molar-refractivity contribution in [3.63, 3.8) is 0 Å². The standard InChI is InChI=1S/C17H19ClN2O.C6H5Cl.C2H6/c18-16-12-15(21)6-7-17(16)20-10-8-19(9-11-20)13-14-4-2-1-3-5-14;7-6-4-2-1-3-5-6;1-2/h1-7,12,21H,8-11,13H2;1-5H;1-2H3. The Hall–Kier alpha value is -2.20. The minimum Gasteiger partial charge on any atom is -0.508 e. The normalized spacial score (nSPS) is 13.5.